The van der Waals surface area contributed by atoms with Crippen LogP contribution in [0.3, 0.4) is 0 Å². The Hall–Kier alpha value is -2.80. The molecule has 1 aliphatic rings. The normalized spacial score (nSPS) is 15.1. The van der Waals surface area contributed by atoms with Crippen LogP contribution in [-0.4, -0.2) is 65.0 Å². The summed E-state index contributed by atoms with van der Waals surface area (Å²) in [7, 11) is 2.05. The summed E-state index contributed by atoms with van der Waals surface area (Å²) in [6.07, 6.45) is 1.51. The lowest BCUT2D eigenvalue weighted by Gasteiger charge is -2.32. The molecule has 1 aromatic heterocycles. The third-order valence-corrected chi connectivity index (χ3v) is 3.99. The van der Waals surface area contributed by atoms with Crippen molar-refractivity contribution in [2.45, 2.75) is 0 Å². The number of anilines is 1. The fourth-order valence-corrected chi connectivity index (χ4v) is 2.51. The molecule has 2 amide bonds. The lowest BCUT2D eigenvalue weighted by molar-refractivity contribution is 0.0664. The summed E-state index contributed by atoms with van der Waals surface area (Å²) in [6.45, 7) is 3.25. The third kappa shape index (κ3) is 3.75. The fourth-order valence-electron chi connectivity index (χ4n) is 2.51. The molecule has 1 saturated heterocycles. The fraction of sp³-hybridized carbons (Fsp3) is 0.294. The Balaban J connectivity index is 1.63. The molecule has 0 atom stereocenters. The minimum Gasteiger partial charge on any atom is -0.336 e. The van der Waals surface area contributed by atoms with Crippen molar-refractivity contribution in [3.8, 4) is 0 Å². The number of aromatic nitrogens is 2. The molecule has 2 heterocycles. The van der Waals surface area contributed by atoms with E-state index in [1.165, 1.54) is 6.20 Å². The maximum absolute atomic E-state index is 12.5. The molecular formula is C17H19N5O2. The number of carbonyl (C=O) groups excluding carboxylic acids is 2. The van der Waals surface area contributed by atoms with Crippen LogP contribution in [0.2, 0.25) is 0 Å². The number of rotatable bonds is 3. The highest BCUT2D eigenvalue weighted by atomic mass is 16.2. The molecule has 0 bridgehead atoms. The average Bonchev–Trinajstić information content (AvgIpc) is 2.63. The van der Waals surface area contributed by atoms with E-state index in [0.717, 1.165) is 26.2 Å². The Morgan fingerprint density at radius 2 is 1.75 bits per heavy atom. The number of hydrogen-bond acceptors (Lipinski definition) is 5. The topological polar surface area (TPSA) is 78.4 Å². The van der Waals surface area contributed by atoms with E-state index in [1.807, 2.05) is 4.90 Å². The van der Waals surface area contributed by atoms with Crippen molar-refractivity contribution in [2.75, 3.05) is 38.5 Å². The smallest absolute Gasteiger partial charge is 0.276 e. The molecule has 1 fully saturated rings. The first kappa shape index (κ1) is 16.1. The molecule has 3 rings (SSSR count). The van der Waals surface area contributed by atoms with Gasteiger partial charge in [0, 0.05) is 43.6 Å². The summed E-state index contributed by atoms with van der Waals surface area (Å²) in [5.74, 6) is -0.309. The van der Waals surface area contributed by atoms with E-state index in [9.17, 15) is 9.59 Å². The molecule has 1 aromatic carbocycles. The van der Waals surface area contributed by atoms with Gasteiger partial charge in [-0.2, -0.15) is 5.10 Å². The van der Waals surface area contributed by atoms with E-state index in [-0.39, 0.29) is 17.5 Å². The van der Waals surface area contributed by atoms with Gasteiger partial charge < -0.3 is 15.1 Å². The SMILES string of the molecule is CN1CCN(C(=O)c2ccc(NC(=O)c3cccnn3)cc2)CC1. The second kappa shape index (κ2) is 7.18. The number of nitrogens with one attached hydrogen (secondary N) is 1. The Kier molecular flexibility index (Phi) is 4.81. The molecule has 0 unspecified atom stereocenters. The van der Waals surface area contributed by atoms with Crippen molar-refractivity contribution >= 4 is 17.5 Å². The van der Waals surface area contributed by atoms with Crippen LogP contribution in [0.1, 0.15) is 20.8 Å². The molecule has 2 aromatic rings. The van der Waals surface area contributed by atoms with Gasteiger partial charge in [0.1, 0.15) is 0 Å². The molecule has 24 heavy (non-hydrogen) atoms. The van der Waals surface area contributed by atoms with Crippen LogP contribution < -0.4 is 5.32 Å². The van der Waals surface area contributed by atoms with Gasteiger partial charge in [-0.1, -0.05) is 0 Å². The van der Waals surface area contributed by atoms with Crippen molar-refractivity contribution in [1.29, 1.82) is 0 Å². The predicted octanol–water partition coefficient (Wildman–Crippen LogP) is 1.12. The summed E-state index contributed by atoms with van der Waals surface area (Å²) in [5.41, 5.74) is 1.48. The number of benzene rings is 1. The first-order valence-electron chi connectivity index (χ1n) is 7.80. The van der Waals surface area contributed by atoms with Crippen molar-refractivity contribution in [3.63, 3.8) is 0 Å². The number of nitrogens with zero attached hydrogens (tertiary/aromatic N) is 4. The van der Waals surface area contributed by atoms with E-state index in [2.05, 4.69) is 27.5 Å². The highest BCUT2D eigenvalue weighted by Crippen LogP contribution is 2.13. The van der Waals surface area contributed by atoms with E-state index in [4.69, 9.17) is 0 Å². The monoisotopic (exact) mass is 325 g/mol. The zero-order chi connectivity index (χ0) is 16.9. The largest absolute Gasteiger partial charge is 0.336 e. The highest BCUT2D eigenvalue weighted by molar-refractivity contribution is 6.03. The van der Waals surface area contributed by atoms with Gasteiger partial charge in [-0.05, 0) is 43.4 Å². The number of amides is 2. The summed E-state index contributed by atoms with van der Waals surface area (Å²) in [5, 5.41) is 10.2. The molecular weight excluding hydrogens is 306 g/mol. The molecule has 0 radical (unpaired) electrons. The Bertz CT molecular complexity index is 710. The molecule has 124 valence electrons. The van der Waals surface area contributed by atoms with Gasteiger partial charge in [0.25, 0.3) is 11.8 Å². The second-order valence-electron chi connectivity index (χ2n) is 5.74. The minimum atomic E-state index is -0.332. The van der Waals surface area contributed by atoms with Crippen molar-refractivity contribution < 1.29 is 9.59 Å². The van der Waals surface area contributed by atoms with Crippen LogP contribution in [0.4, 0.5) is 5.69 Å². The van der Waals surface area contributed by atoms with Crippen LogP contribution >= 0.6 is 0 Å². The van der Waals surface area contributed by atoms with Gasteiger partial charge >= 0.3 is 0 Å². The zero-order valence-electron chi connectivity index (χ0n) is 13.5. The summed E-state index contributed by atoms with van der Waals surface area (Å²) in [6, 6.07) is 10.1. The van der Waals surface area contributed by atoms with Crippen molar-refractivity contribution in [3.05, 3.63) is 53.9 Å². The van der Waals surface area contributed by atoms with Crippen LogP contribution in [0.5, 0.6) is 0 Å². The molecule has 0 saturated carbocycles. The van der Waals surface area contributed by atoms with Crippen molar-refractivity contribution in [2.24, 2.45) is 0 Å². The van der Waals surface area contributed by atoms with Gasteiger partial charge in [-0.25, -0.2) is 0 Å². The maximum Gasteiger partial charge on any atom is 0.276 e. The standard InChI is InChI=1S/C17H19N5O2/c1-21-9-11-22(12-10-21)17(24)13-4-6-14(7-5-13)19-16(23)15-3-2-8-18-20-15/h2-8H,9-12H2,1H3,(H,19,23). The van der Waals surface area contributed by atoms with Gasteiger partial charge in [0.05, 0.1) is 0 Å². The molecule has 7 nitrogen and oxygen atoms in total. The van der Waals surface area contributed by atoms with E-state index in [0.29, 0.717) is 11.3 Å². The number of carbonyl (C=O) groups is 2. The molecule has 0 aliphatic carbocycles. The quantitative estimate of drug-likeness (QED) is 0.915. The summed E-state index contributed by atoms with van der Waals surface area (Å²) >= 11 is 0. The average molecular weight is 325 g/mol. The Labute approximate surface area is 140 Å². The van der Waals surface area contributed by atoms with Crippen LogP contribution in [-0.2, 0) is 0 Å². The molecule has 7 heteroatoms. The molecule has 1 N–H and O–H groups in total. The first-order valence-corrected chi connectivity index (χ1v) is 7.80. The van der Waals surface area contributed by atoms with Gasteiger partial charge in [0.2, 0.25) is 0 Å². The molecule has 0 spiro atoms. The van der Waals surface area contributed by atoms with Gasteiger partial charge in [-0.15, -0.1) is 5.10 Å². The van der Waals surface area contributed by atoms with Crippen LogP contribution in [0.25, 0.3) is 0 Å². The van der Waals surface area contributed by atoms with Crippen LogP contribution in [0, 0.1) is 0 Å². The number of hydrogen-bond donors (Lipinski definition) is 1. The number of likely N-dealkylation sites (N-methyl/N-ethyl adjacent to an activating group) is 1. The van der Waals surface area contributed by atoms with E-state index < -0.39 is 0 Å². The maximum atomic E-state index is 12.5. The summed E-state index contributed by atoms with van der Waals surface area (Å²) in [4.78, 5) is 28.5. The minimum absolute atomic E-state index is 0.0231. The lowest BCUT2D eigenvalue weighted by Crippen LogP contribution is -2.47. The predicted molar refractivity (Wildman–Crippen MR) is 89.8 cm³/mol. The van der Waals surface area contributed by atoms with Crippen molar-refractivity contribution in [1.82, 2.24) is 20.0 Å². The lowest BCUT2D eigenvalue weighted by atomic mass is 10.1. The second-order valence-corrected chi connectivity index (χ2v) is 5.74. The Morgan fingerprint density at radius 3 is 2.38 bits per heavy atom. The Morgan fingerprint density at radius 1 is 1.04 bits per heavy atom. The van der Waals surface area contributed by atoms with E-state index >= 15 is 0 Å². The van der Waals surface area contributed by atoms with E-state index in [1.54, 1.807) is 36.4 Å². The third-order valence-electron chi connectivity index (χ3n) is 3.99. The van der Waals surface area contributed by atoms with Gasteiger partial charge in [0.15, 0.2) is 5.69 Å². The zero-order valence-corrected chi connectivity index (χ0v) is 13.5. The van der Waals surface area contributed by atoms with Crippen LogP contribution in [0.15, 0.2) is 42.6 Å². The summed E-state index contributed by atoms with van der Waals surface area (Å²) < 4.78 is 0. The first-order chi connectivity index (χ1) is 11.6. The number of piperazine rings is 1. The van der Waals surface area contributed by atoms with Gasteiger partial charge in [-0.3, -0.25) is 9.59 Å². The highest BCUT2D eigenvalue weighted by Gasteiger charge is 2.20. The molecule has 1 aliphatic heterocycles.